The average Bonchev–Trinajstić information content (AvgIpc) is 3.22. The molecule has 0 saturated heterocycles. The maximum atomic E-state index is 13.6. The number of amides is 2. The van der Waals surface area contributed by atoms with Gasteiger partial charge in [0.1, 0.15) is 0 Å². The standard InChI is InChI=1S/C33H48N2O6/c1-25-7-9-27-28-10-8-26(2)24-30(28)33(29(27)23-25,13-11-31(36)34(15-19-38-3)16-20-39-4)14-12-32(37)35(17-21-40-5)18-22-41-6/h7-10,23-24H,11-22H2,1-6H3. The van der Waals surface area contributed by atoms with Gasteiger partial charge in [0.2, 0.25) is 11.8 Å². The highest BCUT2D eigenvalue weighted by molar-refractivity contribution is 5.84. The summed E-state index contributed by atoms with van der Waals surface area (Å²) in [5.74, 6) is 0.142. The summed E-state index contributed by atoms with van der Waals surface area (Å²) in [6, 6.07) is 13.2. The highest BCUT2D eigenvalue weighted by atomic mass is 16.5. The molecule has 2 aromatic rings. The molecule has 0 heterocycles. The fourth-order valence-corrected chi connectivity index (χ4v) is 5.87. The molecule has 0 N–H and O–H groups in total. The van der Waals surface area contributed by atoms with Crippen LogP contribution in [0.1, 0.15) is 47.9 Å². The van der Waals surface area contributed by atoms with E-state index in [-0.39, 0.29) is 11.8 Å². The molecule has 3 rings (SSSR count). The van der Waals surface area contributed by atoms with Crippen LogP contribution in [0.25, 0.3) is 11.1 Å². The maximum absolute atomic E-state index is 13.6. The van der Waals surface area contributed by atoms with Gasteiger partial charge in [0.25, 0.3) is 0 Å². The molecular formula is C33H48N2O6. The summed E-state index contributed by atoms with van der Waals surface area (Å²) >= 11 is 0. The first kappa shape index (κ1) is 32.7. The molecule has 0 spiro atoms. The predicted octanol–water partition coefficient (Wildman–Crippen LogP) is 4.37. The van der Waals surface area contributed by atoms with Crippen LogP contribution in [0.4, 0.5) is 0 Å². The number of hydrogen-bond donors (Lipinski definition) is 0. The molecule has 2 amide bonds. The molecule has 41 heavy (non-hydrogen) atoms. The van der Waals surface area contributed by atoms with Crippen molar-refractivity contribution in [3.8, 4) is 11.1 Å². The van der Waals surface area contributed by atoms with Crippen LogP contribution in [0, 0.1) is 13.8 Å². The van der Waals surface area contributed by atoms with E-state index in [9.17, 15) is 9.59 Å². The lowest BCUT2D eigenvalue weighted by Gasteiger charge is -2.34. The summed E-state index contributed by atoms with van der Waals surface area (Å²) in [6.45, 7) is 8.15. The number of carbonyl (C=O) groups is 2. The first-order valence-electron chi connectivity index (χ1n) is 14.5. The van der Waals surface area contributed by atoms with E-state index in [1.165, 1.54) is 33.4 Å². The molecule has 226 valence electrons. The van der Waals surface area contributed by atoms with Crippen LogP contribution in [0.3, 0.4) is 0 Å². The van der Waals surface area contributed by atoms with Crippen molar-refractivity contribution in [3.63, 3.8) is 0 Å². The van der Waals surface area contributed by atoms with Gasteiger partial charge in [-0.05, 0) is 48.9 Å². The van der Waals surface area contributed by atoms with E-state index in [0.717, 1.165) is 0 Å². The van der Waals surface area contributed by atoms with Gasteiger partial charge in [-0.2, -0.15) is 0 Å². The molecule has 0 aromatic heterocycles. The number of fused-ring (bicyclic) bond motifs is 3. The third-order valence-electron chi connectivity index (χ3n) is 8.17. The van der Waals surface area contributed by atoms with E-state index < -0.39 is 5.41 Å². The molecule has 2 aromatic carbocycles. The van der Waals surface area contributed by atoms with Gasteiger partial charge >= 0.3 is 0 Å². The Kier molecular flexibility index (Phi) is 12.8. The Morgan fingerprint density at radius 2 is 0.951 bits per heavy atom. The molecule has 0 saturated carbocycles. The summed E-state index contributed by atoms with van der Waals surface area (Å²) in [6.07, 6.45) is 1.94. The third-order valence-corrected chi connectivity index (χ3v) is 8.17. The Hall–Kier alpha value is -2.78. The van der Waals surface area contributed by atoms with Gasteiger partial charge in [-0.25, -0.2) is 0 Å². The van der Waals surface area contributed by atoms with Crippen molar-refractivity contribution in [2.24, 2.45) is 0 Å². The van der Waals surface area contributed by atoms with Crippen LogP contribution >= 0.6 is 0 Å². The normalized spacial score (nSPS) is 13.1. The molecule has 0 radical (unpaired) electrons. The average molecular weight is 569 g/mol. The highest BCUT2D eigenvalue weighted by Crippen LogP contribution is 2.54. The zero-order valence-corrected chi connectivity index (χ0v) is 25.8. The number of ether oxygens (including phenoxy) is 4. The molecule has 0 fully saturated rings. The molecule has 0 atom stereocenters. The number of hydrogen-bond acceptors (Lipinski definition) is 6. The molecule has 1 aliphatic rings. The Balaban J connectivity index is 1.98. The number of nitrogens with zero attached hydrogens (tertiary/aromatic N) is 2. The molecule has 1 aliphatic carbocycles. The van der Waals surface area contributed by atoms with Gasteiger partial charge in [0.15, 0.2) is 0 Å². The highest BCUT2D eigenvalue weighted by Gasteiger charge is 2.44. The van der Waals surface area contributed by atoms with Crippen LogP contribution in [-0.2, 0) is 34.0 Å². The van der Waals surface area contributed by atoms with Gasteiger partial charge in [0, 0.05) is 72.9 Å². The molecule has 8 nitrogen and oxygen atoms in total. The van der Waals surface area contributed by atoms with E-state index in [2.05, 4.69) is 50.2 Å². The van der Waals surface area contributed by atoms with Gasteiger partial charge < -0.3 is 28.7 Å². The van der Waals surface area contributed by atoms with Crippen molar-refractivity contribution >= 4 is 11.8 Å². The van der Waals surface area contributed by atoms with Gasteiger partial charge in [-0.3, -0.25) is 9.59 Å². The fourth-order valence-electron chi connectivity index (χ4n) is 5.87. The first-order chi connectivity index (χ1) is 19.8. The quantitative estimate of drug-likeness (QED) is 0.266. The predicted molar refractivity (Wildman–Crippen MR) is 161 cm³/mol. The van der Waals surface area contributed by atoms with Crippen molar-refractivity contribution in [1.82, 2.24) is 9.80 Å². The molecular weight excluding hydrogens is 520 g/mol. The summed E-state index contributed by atoms with van der Waals surface area (Å²) in [5, 5.41) is 0. The lowest BCUT2D eigenvalue weighted by Crippen LogP contribution is -2.39. The minimum atomic E-state index is -0.462. The topological polar surface area (TPSA) is 77.5 Å². The molecule has 8 heteroatoms. The van der Waals surface area contributed by atoms with Crippen molar-refractivity contribution in [3.05, 3.63) is 58.7 Å². The molecule has 0 bridgehead atoms. The zero-order valence-electron chi connectivity index (χ0n) is 25.8. The molecule has 0 aliphatic heterocycles. The molecule has 0 unspecified atom stereocenters. The van der Waals surface area contributed by atoms with Crippen LogP contribution in [0.5, 0.6) is 0 Å². The van der Waals surface area contributed by atoms with Crippen LogP contribution in [0.15, 0.2) is 36.4 Å². The van der Waals surface area contributed by atoms with Gasteiger partial charge in [-0.1, -0.05) is 47.5 Å². The smallest absolute Gasteiger partial charge is 0.222 e. The van der Waals surface area contributed by atoms with Crippen molar-refractivity contribution in [1.29, 1.82) is 0 Å². The summed E-state index contributed by atoms with van der Waals surface area (Å²) in [5.41, 5.74) is 6.67. The monoisotopic (exact) mass is 568 g/mol. The lowest BCUT2D eigenvalue weighted by atomic mass is 9.70. The van der Waals surface area contributed by atoms with Crippen molar-refractivity contribution in [2.75, 3.05) is 81.0 Å². The Bertz CT molecular complexity index is 1050. The summed E-state index contributed by atoms with van der Waals surface area (Å²) < 4.78 is 21.1. The third kappa shape index (κ3) is 8.16. The summed E-state index contributed by atoms with van der Waals surface area (Å²) in [4.78, 5) is 30.9. The van der Waals surface area contributed by atoms with E-state index in [0.29, 0.717) is 78.3 Å². The number of rotatable bonds is 18. The minimum absolute atomic E-state index is 0.0712. The maximum Gasteiger partial charge on any atom is 0.222 e. The minimum Gasteiger partial charge on any atom is -0.383 e. The number of methoxy groups -OCH3 is 4. The second-order valence-electron chi connectivity index (χ2n) is 10.9. The zero-order chi connectivity index (χ0) is 29.8. The number of aryl methyl sites for hydroxylation is 2. The van der Waals surface area contributed by atoms with Crippen LogP contribution in [-0.4, -0.2) is 103 Å². The first-order valence-corrected chi connectivity index (χ1v) is 14.5. The van der Waals surface area contributed by atoms with Crippen LogP contribution < -0.4 is 0 Å². The van der Waals surface area contributed by atoms with Gasteiger partial charge in [-0.15, -0.1) is 0 Å². The fraction of sp³-hybridized carbons (Fsp3) is 0.576. The van der Waals surface area contributed by atoms with Gasteiger partial charge in [0.05, 0.1) is 26.4 Å². The second-order valence-corrected chi connectivity index (χ2v) is 10.9. The Labute approximate surface area is 245 Å². The van der Waals surface area contributed by atoms with Crippen LogP contribution in [0.2, 0.25) is 0 Å². The SMILES string of the molecule is COCCN(CCOC)C(=O)CCC1(CCC(=O)N(CCOC)CCOC)c2cc(C)ccc2-c2ccc(C)cc21. The largest absolute Gasteiger partial charge is 0.383 e. The van der Waals surface area contributed by atoms with E-state index in [1.807, 2.05) is 9.80 Å². The van der Waals surface area contributed by atoms with Crippen molar-refractivity contribution < 1.29 is 28.5 Å². The number of benzene rings is 2. The van der Waals surface area contributed by atoms with E-state index >= 15 is 0 Å². The Morgan fingerprint density at radius 3 is 1.27 bits per heavy atom. The lowest BCUT2D eigenvalue weighted by molar-refractivity contribution is -0.132. The van der Waals surface area contributed by atoms with E-state index in [1.54, 1.807) is 28.4 Å². The summed E-state index contributed by atoms with van der Waals surface area (Å²) in [7, 11) is 6.57. The number of carbonyl (C=O) groups excluding carboxylic acids is 2. The second kappa shape index (κ2) is 16.0. The van der Waals surface area contributed by atoms with Crippen molar-refractivity contribution in [2.45, 2.75) is 44.9 Å². The Morgan fingerprint density at radius 1 is 0.610 bits per heavy atom. The van der Waals surface area contributed by atoms with E-state index in [4.69, 9.17) is 18.9 Å².